The summed E-state index contributed by atoms with van der Waals surface area (Å²) in [5.74, 6) is 0. The van der Waals surface area contributed by atoms with Crippen LogP contribution in [0, 0.1) is 0 Å². The smallest absolute Gasteiger partial charge is 0.234 e. The van der Waals surface area contributed by atoms with Crippen molar-refractivity contribution in [3.05, 3.63) is 42.6 Å². The lowest BCUT2D eigenvalue weighted by atomic mass is 10.1. The number of halogens is 2. The molecule has 0 spiro atoms. The molecule has 0 aliphatic carbocycles. The van der Waals surface area contributed by atoms with Crippen LogP contribution in [0.4, 0.5) is 0 Å². The van der Waals surface area contributed by atoms with E-state index in [-0.39, 0.29) is 0 Å². The van der Waals surface area contributed by atoms with Gasteiger partial charge in [0, 0.05) is 10.8 Å². The summed E-state index contributed by atoms with van der Waals surface area (Å²) in [6, 6.07) is 2.84. The summed E-state index contributed by atoms with van der Waals surface area (Å²) < 4.78 is 0. The third-order valence-corrected chi connectivity index (χ3v) is 2.48. The molecule has 0 bridgehead atoms. The van der Waals surface area contributed by atoms with Gasteiger partial charge in [-0.15, -0.1) is 0 Å². The predicted molar refractivity (Wildman–Crippen MR) is 48.9 cm³/mol. The van der Waals surface area contributed by atoms with Gasteiger partial charge < -0.3 is 0 Å². The van der Waals surface area contributed by atoms with Crippen molar-refractivity contribution in [2.75, 3.05) is 0 Å². The van der Waals surface area contributed by atoms with Crippen LogP contribution in [0.1, 0.15) is 0 Å². The van der Waals surface area contributed by atoms with Gasteiger partial charge in [0.15, 0.2) is 0 Å². The maximum Gasteiger partial charge on any atom is 0.234 e. The Balaban J connectivity index is 2.97. The highest BCUT2D eigenvalue weighted by Crippen LogP contribution is 2.25. The molecule has 4 heteroatoms. The number of rotatable bonds is 0. The van der Waals surface area contributed by atoms with E-state index in [1.54, 1.807) is 0 Å². The van der Waals surface area contributed by atoms with E-state index in [0.29, 0.717) is 20.8 Å². The van der Waals surface area contributed by atoms with Crippen LogP contribution in [0.15, 0.2) is 21.7 Å². The van der Waals surface area contributed by atoms with E-state index in [4.69, 9.17) is 23.2 Å². The number of benzene rings is 1. The fraction of sp³-hybridized carbons (Fsp3) is 0. The maximum absolute atomic E-state index is 10.9. The number of fused-ring (bicyclic) bond motifs is 1. The van der Waals surface area contributed by atoms with Crippen LogP contribution in [-0.4, -0.2) is 0 Å². The van der Waals surface area contributed by atoms with Crippen LogP contribution in [0.2, 0.25) is 10.0 Å². The van der Waals surface area contributed by atoms with Gasteiger partial charge in [-0.3, -0.25) is 9.59 Å². The van der Waals surface area contributed by atoms with E-state index in [9.17, 15) is 9.59 Å². The lowest BCUT2D eigenvalue weighted by Crippen LogP contribution is -2.30. The van der Waals surface area contributed by atoms with Gasteiger partial charge in [0.2, 0.25) is 10.9 Å². The second kappa shape index (κ2) is 2.31. The summed E-state index contributed by atoms with van der Waals surface area (Å²) in [5, 5.41) is 1.34. The summed E-state index contributed by atoms with van der Waals surface area (Å²) in [4.78, 5) is 21.7. The first-order chi connectivity index (χ1) is 5.61. The van der Waals surface area contributed by atoms with Gasteiger partial charge in [-0.1, -0.05) is 23.2 Å². The molecule has 0 amide bonds. The molecule has 12 heavy (non-hydrogen) atoms. The molecule has 0 atom stereocenters. The normalized spacial score (nSPS) is 11.2. The van der Waals surface area contributed by atoms with E-state index in [1.807, 2.05) is 0 Å². The second-order valence-electron chi connectivity index (χ2n) is 2.47. The monoisotopic (exact) mass is 200 g/mol. The molecular weight excluding hydrogens is 199 g/mol. The van der Waals surface area contributed by atoms with Gasteiger partial charge >= 0.3 is 0 Å². The Morgan fingerprint density at radius 2 is 1.17 bits per heavy atom. The highest BCUT2D eigenvalue weighted by Gasteiger charge is 2.13. The summed E-state index contributed by atoms with van der Waals surface area (Å²) in [5.41, 5.74) is -0.966. The molecule has 0 N–H and O–H groups in total. The minimum Gasteiger partial charge on any atom is -0.285 e. The van der Waals surface area contributed by atoms with Crippen molar-refractivity contribution < 1.29 is 0 Å². The largest absolute Gasteiger partial charge is 0.285 e. The Hall–Kier alpha value is -0.860. The zero-order valence-corrected chi connectivity index (χ0v) is 7.24. The van der Waals surface area contributed by atoms with Gasteiger partial charge in [-0.25, -0.2) is 0 Å². The molecule has 60 valence electrons. The van der Waals surface area contributed by atoms with Crippen molar-refractivity contribution in [1.82, 2.24) is 0 Å². The van der Waals surface area contributed by atoms with E-state index in [1.165, 1.54) is 12.1 Å². The third-order valence-electron chi connectivity index (χ3n) is 1.76. The SMILES string of the molecule is O=c1c(=O)c2cc(Cl)c(Cl)cc12. The standard InChI is InChI=1S/C8H2Cl2O2/c9-5-1-3-4(2-6(5)10)8(12)7(3)11/h1-2H. The average molecular weight is 201 g/mol. The van der Waals surface area contributed by atoms with E-state index in [0.717, 1.165) is 0 Å². The molecule has 0 saturated heterocycles. The van der Waals surface area contributed by atoms with E-state index in [2.05, 4.69) is 0 Å². The maximum atomic E-state index is 10.9. The van der Waals surface area contributed by atoms with Gasteiger partial charge in [0.1, 0.15) is 0 Å². The Bertz CT molecular complexity index is 486. The first-order valence-electron chi connectivity index (χ1n) is 3.19. The van der Waals surface area contributed by atoms with Crippen molar-refractivity contribution in [1.29, 1.82) is 0 Å². The summed E-state index contributed by atoms with van der Waals surface area (Å²) in [6.45, 7) is 0. The zero-order valence-electron chi connectivity index (χ0n) is 5.73. The van der Waals surface area contributed by atoms with Gasteiger partial charge in [-0.2, -0.15) is 0 Å². The Morgan fingerprint density at radius 1 is 0.833 bits per heavy atom. The Kier molecular flexibility index (Phi) is 1.50. The molecule has 2 aromatic carbocycles. The van der Waals surface area contributed by atoms with Crippen LogP contribution in [0.5, 0.6) is 0 Å². The lowest BCUT2D eigenvalue weighted by molar-refractivity contribution is 1.53. The molecule has 0 radical (unpaired) electrons. The van der Waals surface area contributed by atoms with Gasteiger partial charge in [-0.05, 0) is 12.1 Å². The van der Waals surface area contributed by atoms with Crippen LogP contribution in [-0.2, 0) is 0 Å². The van der Waals surface area contributed by atoms with Crippen molar-refractivity contribution in [2.45, 2.75) is 0 Å². The zero-order chi connectivity index (χ0) is 8.88. The molecule has 0 unspecified atom stereocenters. The average Bonchev–Trinajstić information content (AvgIpc) is 2.08. The Labute approximate surface area is 77.0 Å². The molecule has 0 heterocycles. The van der Waals surface area contributed by atoms with Crippen molar-refractivity contribution >= 4 is 34.0 Å². The fourth-order valence-electron chi connectivity index (χ4n) is 1.10. The van der Waals surface area contributed by atoms with Crippen LogP contribution >= 0.6 is 23.2 Å². The predicted octanol–water partition coefficient (Wildman–Crippen LogP) is 1.74. The molecule has 0 fully saturated rings. The Morgan fingerprint density at radius 3 is 1.50 bits per heavy atom. The van der Waals surface area contributed by atoms with E-state index >= 15 is 0 Å². The minimum atomic E-state index is -0.483. The highest BCUT2D eigenvalue weighted by atomic mass is 35.5. The lowest BCUT2D eigenvalue weighted by Gasteiger charge is -2.00. The van der Waals surface area contributed by atoms with Crippen LogP contribution in [0.25, 0.3) is 10.8 Å². The third kappa shape index (κ3) is 0.822. The van der Waals surface area contributed by atoms with Crippen LogP contribution < -0.4 is 10.9 Å². The topological polar surface area (TPSA) is 34.1 Å². The molecule has 0 aliphatic rings. The van der Waals surface area contributed by atoms with E-state index < -0.39 is 10.9 Å². The van der Waals surface area contributed by atoms with Gasteiger partial charge in [0.05, 0.1) is 10.0 Å². The quantitative estimate of drug-likeness (QED) is 0.608. The summed E-state index contributed by atoms with van der Waals surface area (Å²) in [7, 11) is 0. The molecule has 0 aliphatic heterocycles. The fourth-order valence-corrected chi connectivity index (χ4v) is 1.43. The second-order valence-corrected chi connectivity index (χ2v) is 3.28. The molecule has 2 aromatic rings. The summed E-state index contributed by atoms with van der Waals surface area (Å²) in [6.07, 6.45) is 0. The first kappa shape index (κ1) is 7.77. The first-order valence-corrected chi connectivity index (χ1v) is 3.95. The summed E-state index contributed by atoms with van der Waals surface area (Å²) >= 11 is 11.3. The molecule has 0 saturated carbocycles. The highest BCUT2D eigenvalue weighted by molar-refractivity contribution is 6.42. The molecule has 2 rings (SSSR count). The molecule has 0 aromatic heterocycles. The van der Waals surface area contributed by atoms with Crippen molar-refractivity contribution in [3.8, 4) is 0 Å². The molecular formula is C8H2Cl2O2. The van der Waals surface area contributed by atoms with Gasteiger partial charge in [0.25, 0.3) is 0 Å². The van der Waals surface area contributed by atoms with Crippen LogP contribution in [0.3, 0.4) is 0 Å². The molecule has 2 nitrogen and oxygen atoms in total. The van der Waals surface area contributed by atoms with Crippen molar-refractivity contribution in [3.63, 3.8) is 0 Å². The minimum absolute atomic E-state index is 0.302. The van der Waals surface area contributed by atoms with Crippen molar-refractivity contribution in [2.24, 2.45) is 0 Å². The number of hydrogen-bond donors (Lipinski definition) is 0. The number of hydrogen-bond acceptors (Lipinski definition) is 2.